The molecule has 81 heavy (non-hydrogen) atoms. The van der Waals surface area contributed by atoms with Crippen molar-refractivity contribution in [1.29, 1.82) is 0 Å². The standard InChI is InChI=1S/C69H122O12/c1-4-7-10-13-16-19-22-25-27-29-31-33-35-38-40-43-46-49-52-55-61(70)77-58-60(79-62(71)56-53-50-47-44-41-37-24-21-18-15-12-9-6-3)59-78-69-67(65(74)64(73)66(81-69)68(75)76)80-63(72)57-54-51-48-45-42-39-36-34-32-30-28-26-23-20-17-14-11-8-5-2/h7,10,16,19,25,27,31,33,60,64-67,69,73-74H,4-6,8-9,11-15,17-18,20-24,26,28-30,32,34-59H2,1-3H3,(H,75,76)/b10-7-,19-16-,27-25-,33-31-. The Kier molecular flexibility index (Phi) is 53.4. The first kappa shape index (κ1) is 75.7. The van der Waals surface area contributed by atoms with Crippen molar-refractivity contribution in [2.75, 3.05) is 13.2 Å². The Hall–Kier alpha value is -3.32. The number of carbonyl (C=O) groups is 4. The third kappa shape index (κ3) is 46.7. The Bertz CT molecular complexity index is 1590. The number of aliphatic hydroxyl groups excluding tert-OH is 2. The molecular weight excluding hydrogens is 1020 g/mol. The van der Waals surface area contributed by atoms with Crippen LogP contribution in [0, 0.1) is 0 Å². The monoisotopic (exact) mass is 1140 g/mol. The second-order valence-electron chi connectivity index (χ2n) is 23.1. The molecule has 0 aromatic carbocycles. The first-order chi connectivity index (χ1) is 39.6. The molecule has 1 rings (SSSR count). The van der Waals surface area contributed by atoms with Crippen LogP contribution in [0.2, 0.25) is 0 Å². The minimum atomic E-state index is -1.90. The molecule has 0 saturated carbocycles. The highest BCUT2D eigenvalue weighted by Gasteiger charge is 2.50. The molecule has 470 valence electrons. The van der Waals surface area contributed by atoms with E-state index in [1.165, 1.54) is 154 Å². The number of hydrogen-bond acceptors (Lipinski definition) is 11. The predicted molar refractivity (Wildman–Crippen MR) is 331 cm³/mol. The van der Waals surface area contributed by atoms with Crippen molar-refractivity contribution < 1.29 is 58.2 Å². The van der Waals surface area contributed by atoms with Crippen molar-refractivity contribution in [2.24, 2.45) is 0 Å². The number of ether oxygens (including phenoxy) is 5. The third-order valence-corrected chi connectivity index (χ3v) is 15.4. The molecule has 6 atom stereocenters. The maximum absolute atomic E-state index is 13.2. The van der Waals surface area contributed by atoms with Crippen molar-refractivity contribution in [2.45, 2.75) is 353 Å². The second-order valence-corrected chi connectivity index (χ2v) is 23.1. The van der Waals surface area contributed by atoms with Gasteiger partial charge in [-0.15, -0.1) is 0 Å². The molecule has 0 aromatic rings. The van der Waals surface area contributed by atoms with Gasteiger partial charge in [0.15, 0.2) is 24.6 Å². The molecule has 1 aliphatic heterocycles. The number of unbranched alkanes of at least 4 members (excludes halogenated alkanes) is 36. The number of esters is 3. The summed E-state index contributed by atoms with van der Waals surface area (Å²) in [6, 6.07) is 0. The fraction of sp³-hybridized carbons (Fsp3) is 0.826. The van der Waals surface area contributed by atoms with Crippen LogP contribution >= 0.6 is 0 Å². The fourth-order valence-electron chi connectivity index (χ4n) is 10.3. The van der Waals surface area contributed by atoms with E-state index < -0.39 is 67.3 Å². The number of carbonyl (C=O) groups excluding carboxylic acids is 3. The predicted octanol–water partition coefficient (Wildman–Crippen LogP) is 18.1. The maximum atomic E-state index is 13.2. The Labute approximate surface area is 494 Å². The molecule has 6 unspecified atom stereocenters. The zero-order valence-electron chi connectivity index (χ0n) is 52.0. The Morgan fingerprint density at radius 3 is 1.19 bits per heavy atom. The number of aliphatic carboxylic acids is 1. The molecule has 0 spiro atoms. The van der Waals surface area contributed by atoms with Crippen LogP contribution in [0.5, 0.6) is 0 Å². The van der Waals surface area contributed by atoms with E-state index in [0.29, 0.717) is 19.3 Å². The van der Waals surface area contributed by atoms with Crippen molar-refractivity contribution in [1.82, 2.24) is 0 Å². The van der Waals surface area contributed by atoms with Crippen LogP contribution in [0.3, 0.4) is 0 Å². The highest BCUT2D eigenvalue weighted by atomic mass is 16.7. The average Bonchev–Trinajstić information content (AvgIpc) is 3.45. The lowest BCUT2D eigenvalue weighted by Crippen LogP contribution is -2.61. The molecule has 1 heterocycles. The summed E-state index contributed by atoms with van der Waals surface area (Å²) in [4.78, 5) is 51.3. The van der Waals surface area contributed by atoms with Crippen molar-refractivity contribution in [3.8, 4) is 0 Å². The van der Waals surface area contributed by atoms with Crippen LogP contribution in [0.25, 0.3) is 0 Å². The Morgan fingerprint density at radius 1 is 0.420 bits per heavy atom. The first-order valence-corrected chi connectivity index (χ1v) is 33.6. The third-order valence-electron chi connectivity index (χ3n) is 15.4. The van der Waals surface area contributed by atoms with Gasteiger partial charge in [0.25, 0.3) is 0 Å². The topological polar surface area (TPSA) is 175 Å². The minimum absolute atomic E-state index is 0.0648. The number of rotatable bonds is 58. The van der Waals surface area contributed by atoms with Gasteiger partial charge in [-0.25, -0.2) is 4.79 Å². The Morgan fingerprint density at radius 2 is 0.778 bits per heavy atom. The summed E-state index contributed by atoms with van der Waals surface area (Å²) in [5.41, 5.74) is 0. The van der Waals surface area contributed by atoms with Crippen molar-refractivity contribution >= 4 is 23.9 Å². The lowest BCUT2D eigenvalue weighted by Gasteiger charge is -2.40. The summed E-state index contributed by atoms with van der Waals surface area (Å²) >= 11 is 0. The summed E-state index contributed by atoms with van der Waals surface area (Å²) in [5.74, 6) is -3.10. The minimum Gasteiger partial charge on any atom is -0.479 e. The van der Waals surface area contributed by atoms with Gasteiger partial charge in [0, 0.05) is 19.3 Å². The van der Waals surface area contributed by atoms with Crippen LogP contribution in [0.1, 0.15) is 316 Å². The van der Waals surface area contributed by atoms with Gasteiger partial charge in [-0.1, -0.05) is 288 Å². The lowest BCUT2D eigenvalue weighted by atomic mass is 9.98. The van der Waals surface area contributed by atoms with Crippen molar-refractivity contribution in [3.05, 3.63) is 48.6 Å². The van der Waals surface area contributed by atoms with Crippen LogP contribution in [-0.2, 0) is 42.9 Å². The van der Waals surface area contributed by atoms with E-state index in [-0.39, 0.29) is 25.9 Å². The van der Waals surface area contributed by atoms with E-state index in [0.717, 1.165) is 103 Å². The zero-order chi connectivity index (χ0) is 58.9. The van der Waals surface area contributed by atoms with Gasteiger partial charge in [-0.2, -0.15) is 0 Å². The molecule has 0 bridgehead atoms. The van der Waals surface area contributed by atoms with E-state index in [1.54, 1.807) is 0 Å². The summed E-state index contributed by atoms with van der Waals surface area (Å²) < 4.78 is 28.6. The second kappa shape index (κ2) is 57.1. The molecule has 12 nitrogen and oxygen atoms in total. The number of allylic oxidation sites excluding steroid dienone is 8. The molecule has 0 aromatic heterocycles. The summed E-state index contributed by atoms with van der Waals surface area (Å²) in [6.07, 6.45) is 57.8. The van der Waals surface area contributed by atoms with Crippen LogP contribution in [0.4, 0.5) is 0 Å². The number of carboxylic acid groups (broad SMARTS) is 1. The molecule has 1 fully saturated rings. The van der Waals surface area contributed by atoms with Gasteiger partial charge in [-0.3, -0.25) is 14.4 Å². The number of carboxylic acids is 1. The molecule has 0 radical (unpaired) electrons. The first-order valence-electron chi connectivity index (χ1n) is 33.6. The number of hydrogen-bond donors (Lipinski definition) is 3. The molecule has 12 heteroatoms. The SMILES string of the molecule is CC/C=C\C/C=C\C/C=C\C/C=C\CCCCCCCCC(=O)OCC(COC1OC(C(=O)O)C(O)C(O)C1OC(=O)CCCCCCCCCCCCCCCCCCCCC)OC(=O)CCCCCCCCCCCCCCC. The largest absolute Gasteiger partial charge is 0.479 e. The number of aliphatic hydroxyl groups is 2. The van der Waals surface area contributed by atoms with E-state index in [4.69, 9.17) is 23.7 Å². The smallest absolute Gasteiger partial charge is 0.335 e. The zero-order valence-corrected chi connectivity index (χ0v) is 52.0. The maximum Gasteiger partial charge on any atom is 0.335 e. The van der Waals surface area contributed by atoms with Gasteiger partial charge in [0.05, 0.1) is 6.61 Å². The molecular formula is C69H122O12. The lowest BCUT2D eigenvalue weighted by molar-refractivity contribution is -0.301. The van der Waals surface area contributed by atoms with Gasteiger partial charge in [0.2, 0.25) is 0 Å². The normalized spacial score (nSPS) is 18.0. The van der Waals surface area contributed by atoms with Crippen LogP contribution < -0.4 is 0 Å². The van der Waals surface area contributed by atoms with E-state index >= 15 is 0 Å². The van der Waals surface area contributed by atoms with Gasteiger partial charge in [0.1, 0.15) is 18.8 Å². The quantitative estimate of drug-likeness (QED) is 0.0228. The van der Waals surface area contributed by atoms with E-state index in [1.807, 2.05) is 0 Å². The highest BCUT2D eigenvalue weighted by Crippen LogP contribution is 2.27. The van der Waals surface area contributed by atoms with Gasteiger partial charge in [-0.05, 0) is 57.8 Å². The molecule has 3 N–H and O–H groups in total. The Balaban J connectivity index is 2.62. The van der Waals surface area contributed by atoms with Gasteiger partial charge >= 0.3 is 23.9 Å². The van der Waals surface area contributed by atoms with E-state index in [9.17, 15) is 34.5 Å². The van der Waals surface area contributed by atoms with Gasteiger partial charge < -0.3 is 39.0 Å². The summed E-state index contributed by atoms with van der Waals surface area (Å²) in [6.45, 7) is 5.92. The molecule has 0 amide bonds. The van der Waals surface area contributed by atoms with E-state index in [2.05, 4.69) is 69.4 Å². The van der Waals surface area contributed by atoms with Crippen molar-refractivity contribution in [3.63, 3.8) is 0 Å². The fourth-order valence-corrected chi connectivity index (χ4v) is 10.3. The van der Waals surface area contributed by atoms with Crippen LogP contribution in [-0.4, -0.2) is 89.2 Å². The average molecular weight is 1140 g/mol. The molecule has 1 saturated heterocycles. The molecule has 0 aliphatic carbocycles. The van der Waals surface area contributed by atoms with Crippen LogP contribution in [0.15, 0.2) is 48.6 Å². The molecule has 1 aliphatic rings. The highest BCUT2D eigenvalue weighted by molar-refractivity contribution is 5.74. The summed E-state index contributed by atoms with van der Waals surface area (Å²) in [7, 11) is 0. The summed E-state index contributed by atoms with van der Waals surface area (Å²) in [5, 5.41) is 31.6.